The summed E-state index contributed by atoms with van der Waals surface area (Å²) in [6.07, 6.45) is 2.80. The molecule has 0 saturated carbocycles. The summed E-state index contributed by atoms with van der Waals surface area (Å²) in [6, 6.07) is 0. The van der Waals surface area contributed by atoms with Gasteiger partial charge in [-0.25, -0.2) is 9.97 Å². The third-order valence-electron chi connectivity index (χ3n) is 1.37. The second-order valence-corrected chi connectivity index (χ2v) is 2.08. The predicted molar refractivity (Wildman–Crippen MR) is 35.7 cm³/mol. The van der Waals surface area contributed by atoms with Crippen LogP contribution in [0.15, 0.2) is 22.8 Å². The van der Waals surface area contributed by atoms with Gasteiger partial charge in [0.05, 0.1) is 5.56 Å². The first-order valence-electron chi connectivity index (χ1n) is 3.08. The second kappa shape index (κ2) is 2.19. The molecular formula is C6H4N4O. The number of azo groups is 1. The summed E-state index contributed by atoms with van der Waals surface area (Å²) in [4.78, 5) is 18.5. The van der Waals surface area contributed by atoms with Gasteiger partial charge in [-0.15, -0.1) is 5.11 Å². The third-order valence-corrected chi connectivity index (χ3v) is 1.37. The molecule has 0 amide bonds. The minimum absolute atomic E-state index is 0.0735. The smallest absolute Gasteiger partial charge is 0.191 e. The number of carbonyl (C=O) groups excluding carboxylic acids is 1. The lowest BCUT2D eigenvalue weighted by atomic mass is 10.2. The van der Waals surface area contributed by atoms with Crippen LogP contribution in [-0.2, 0) is 0 Å². The van der Waals surface area contributed by atoms with E-state index in [1.807, 2.05) is 0 Å². The molecule has 0 atom stereocenters. The van der Waals surface area contributed by atoms with Crippen molar-refractivity contribution in [2.75, 3.05) is 6.54 Å². The molecule has 0 aromatic carbocycles. The molecule has 0 radical (unpaired) electrons. The highest BCUT2D eigenvalue weighted by Crippen LogP contribution is 2.18. The maximum atomic E-state index is 11.1. The topological polar surface area (TPSA) is 67.6 Å². The van der Waals surface area contributed by atoms with Gasteiger partial charge in [-0.2, -0.15) is 5.11 Å². The number of Topliss-reactive ketones (excluding diaryl/α,β-unsaturated/α-hetero) is 1. The molecule has 54 valence electrons. The molecule has 0 bridgehead atoms. The largest absolute Gasteiger partial charge is 0.292 e. The van der Waals surface area contributed by atoms with E-state index < -0.39 is 0 Å². The highest BCUT2D eigenvalue weighted by atomic mass is 16.1. The Balaban J connectivity index is 2.63. The summed E-state index contributed by atoms with van der Waals surface area (Å²) in [5.74, 6) is 0.298. The summed E-state index contributed by atoms with van der Waals surface area (Å²) in [7, 11) is 0. The summed E-state index contributed by atoms with van der Waals surface area (Å²) in [5, 5.41) is 7.28. The third kappa shape index (κ3) is 0.899. The Kier molecular flexibility index (Phi) is 1.21. The highest BCUT2D eigenvalue weighted by molar-refractivity contribution is 6.01. The number of hydrogen-bond donors (Lipinski definition) is 0. The molecule has 1 aromatic rings. The van der Waals surface area contributed by atoms with Crippen molar-refractivity contribution in [3.05, 3.63) is 18.1 Å². The zero-order valence-corrected chi connectivity index (χ0v) is 5.56. The van der Waals surface area contributed by atoms with Crippen LogP contribution < -0.4 is 0 Å². The normalized spacial score (nSPS) is 14.7. The van der Waals surface area contributed by atoms with Crippen molar-refractivity contribution in [2.45, 2.75) is 0 Å². The van der Waals surface area contributed by atoms with Gasteiger partial charge in [0.1, 0.15) is 12.9 Å². The van der Waals surface area contributed by atoms with Gasteiger partial charge >= 0.3 is 0 Å². The van der Waals surface area contributed by atoms with E-state index in [9.17, 15) is 4.79 Å². The van der Waals surface area contributed by atoms with Gasteiger partial charge in [-0.3, -0.25) is 4.79 Å². The number of aromatic nitrogens is 2. The Morgan fingerprint density at radius 2 is 2.36 bits per heavy atom. The van der Waals surface area contributed by atoms with Gasteiger partial charge < -0.3 is 0 Å². The Hall–Kier alpha value is -1.65. The second-order valence-electron chi connectivity index (χ2n) is 2.08. The summed E-state index contributed by atoms with van der Waals surface area (Å²) in [6.45, 7) is 0.111. The lowest BCUT2D eigenvalue weighted by molar-refractivity contribution is 0.0997. The molecule has 0 saturated heterocycles. The van der Waals surface area contributed by atoms with Gasteiger partial charge in [0.25, 0.3) is 0 Å². The van der Waals surface area contributed by atoms with Crippen LogP contribution in [0.5, 0.6) is 0 Å². The zero-order chi connectivity index (χ0) is 7.68. The zero-order valence-electron chi connectivity index (χ0n) is 5.56. The molecule has 1 aliphatic heterocycles. The molecule has 0 fully saturated rings. The molecule has 1 aliphatic rings. The standard InChI is InChI=1S/C6H4N4O/c11-5-2-9-10-6-4(5)1-7-3-8-6/h1,3H,2H2. The van der Waals surface area contributed by atoms with Crippen LogP contribution >= 0.6 is 0 Å². The van der Waals surface area contributed by atoms with Crippen LogP contribution in [0.3, 0.4) is 0 Å². The van der Waals surface area contributed by atoms with Crippen molar-refractivity contribution in [1.82, 2.24) is 9.97 Å². The maximum Gasteiger partial charge on any atom is 0.191 e. The van der Waals surface area contributed by atoms with Crippen LogP contribution in [0.25, 0.3) is 0 Å². The molecular weight excluding hydrogens is 144 g/mol. The average molecular weight is 148 g/mol. The van der Waals surface area contributed by atoms with Crippen molar-refractivity contribution in [3.8, 4) is 0 Å². The van der Waals surface area contributed by atoms with Crippen LogP contribution in [-0.4, -0.2) is 22.3 Å². The predicted octanol–water partition coefficient (Wildman–Crippen LogP) is 0.757. The van der Waals surface area contributed by atoms with E-state index in [0.29, 0.717) is 11.4 Å². The first kappa shape index (κ1) is 6.09. The van der Waals surface area contributed by atoms with Gasteiger partial charge in [0.15, 0.2) is 11.6 Å². The molecule has 0 spiro atoms. The van der Waals surface area contributed by atoms with E-state index in [-0.39, 0.29) is 12.3 Å². The quantitative estimate of drug-likeness (QED) is 0.545. The van der Waals surface area contributed by atoms with E-state index in [1.165, 1.54) is 12.5 Å². The van der Waals surface area contributed by atoms with E-state index in [4.69, 9.17) is 0 Å². The number of hydrogen-bond acceptors (Lipinski definition) is 5. The highest BCUT2D eigenvalue weighted by Gasteiger charge is 2.15. The summed E-state index contributed by atoms with van der Waals surface area (Å²) >= 11 is 0. The SMILES string of the molecule is O=C1CN=Nc2ncncc21. The Morgan fingerprint density at radius 3 is 3.18 bits per heavy atom. The number of ketones is 1. The fraction of sp³-hybridized carbons (Fsp3) is 0.167. The lowest BCUT2D eigenvalue weighted by Crippen LogP contribution is -2.07. The van der Waals surface area contributed by atoms with Crippen molar-refractivity contribution >= 4 is 11.6 Å². The molecule has 1 aromatic heterocycles. The fourth-order valence-electron chi connectivity index (χ4n) is 0.851. The van der Waals surface area contributed by atoms with Crippen LogP contribution in [0.4, 0.5) is 5.82 Å². The Bertz CT molecular complexity index is 333. The van der Waals surface area contributed by atoms with Crippen molar-refractivity contribution in [2.24, 2.45) is 10.2 Å². The number of fused-ring (bicyclic) bond motifs is 1. The molecule has 5 nitrogen and oxygen atoms in total. The Morgan fingerprint density at radius 1 is 1.45 bits per heavy atom. The van der Waals surface area contributed by atoms with E-state index in [2.05, 4.69) is 20.2 Å². The number of nitrogens with zero attached hydrogens (tertiary/aromatic N) is 4. The first-order valence-corrected chi connectivity index (χ1v) is 3.08. The van der Waals surface area contributed by atoms with Crippen LogP contribution in [0.2, 0.25) is 0 Å². The minimum Gasteiger partial charge on any atom is -0.292 e. The molecule has 0 unspecified atom stereocenters. The van der Waals surface area contributed by atoms with Crippen molar-refractivity contribution < 1.29 is 4.79 Å². The van der Waals surface area contributed by atoms with Gasteiger partial charge in [-0.1, -0.05) is 0 Å². The van der Waals surface area contributed by atoms with E-state index in [0.717, 1.165) is 0 Å². The Labute approximate surface area is 62.2 Å². The first-order chi connectivity index (χ1) is 5.38. The van der Waals surface area contributed by atoms with Gasteiger partial charge in [-0.05, 0) is 0 Å². The molecule has 0 aliphatic carbocycles. The lowest BCUT2D eigenvalue weighted by Gasteiger charge is -2.03. The van der Waals surface area contributed by atoms with E-state index >= 15 is 0 Å². The summed E-state index contributed by atoms with van der Waals surface area (Å²) in [5.41, 5.74) is 0.461. The van der Waals surface area contributed by atoms with E-state index in [1.54, 1.807) is 0 Å². The summed E-state index contributed by atoms with van der Waals surface area (Å²) < 4.78 is 0. The van der Waals surface area contributed by atoms with Crippen molar-refractivity contribution in [1.29, 1.82) is 0 Å². The number of carbonyl (C=O) groups is 1. The molecule has 0 N–H and O–H groups in total. The van der Waals surface area contributed by atoms with Crippen LogP contribution in [0, 0.1) is 0 Å². The maximum absolute atomic E-state index is 11.1. The average Bonchev–Trinajstić information content (AvgIpc) is 2.06. The fourth-order valence-corrected chi connectivity index (χ4v) is 0.851. The monoisotopic (exact) mass is 148 g/mol. The van der Waals surface area contributed by atoms with Crippen molar-refractivity contribution in [3.63, 3.8) is 0 Å². The van der Waals surface area contributed by atoms with Gasteiger partial charge in [0, 0.05) is 6.20 Å². The molecule has 5 heteroatoms. The number of rotatable bonds is 0. The van der Waals surface area contributed by atoms with Crippen LogP contribution in [0.1, 0.15) is 10.4 Å². The van der Waals surface area contributed by atoms with Gasteiger partial charge in [0.2, 0.25) is 0 Å². The minimum atomic E-state index is -0.0735. The molecule has 2 heterocycles. The molecule has 11 heavy (non-hydrogen) atoms. The molecule has 2 rings (SSSR count).